The summed E-state index contributed by atoms with van der Waals surface area (Å²) in [5.74, 6) is -0.0728. The summed E-state index contributed by atoms with van der Waals surface area (Å²) >= 11 is 6.24. The standard InChI is InChI=1S/C16H21ClN4O2/c1-18-11-3-2-7-20(10-11)15(22)13-9-12(4-5-14(13)17)21-8-6-19-16(21)23/h4-5,9,11,18H,2-3,6-8,10H2,1H3,(H,19,23). The van der Waals surface area contributed by atoms with Crippen molar-refractivity contribution in [2.45, 2.75) is 18.9 Å². The zero-order valence-electron chi connectivity index (χ0n) is 13.1. The summed E-state index contributed by atoms with van der Waals surface area (Å²) < 4.78 is 0. The molecule has 3 amide bonds. The van der Waals surface area contributed by atoms with Crippen LogP contribution in [-0.4, -0.2) is 56.1 Å². The van der Waals surface area contributed by atoms with Gasteiger partial charge in [-0.25, -0.2) is 4.79 Å². The molecule has 7 heteroatoms. The lowest BCUT2D eigenvalue weighted by molar-refractivity contribution is 0.0698. The number of carbonyl (C=O) groups excluding carboxylic acids is 2. The molecule has 2 N–H and O–H groups in total. The number of rotatable bonds is 3. The molecular formula is C16H21ClN4O2. The molecule has 2 saturated heterocycles. The number of hydrogen-bond donors (Lipinski definition) is 2. The fourth-order valence-corrected chi connectivity index (χ4v) is 3.33. The highest BCUT2D eigenvalue weighted by molar-refractivity contribution is 6.34. The first-order chi connectivity index (χ1) is 11.1. The zero-order valence-corrected chi connectivity index (χ0v) is 13.9. The lowest BCUT2D eigenvalue weighted by atomic mass is 10.0. The molecule has 124 valence electrons. The Morgan fingerprint density at radius 1 is 1.39 bits per heavy atom. The molecule has 0 spiro atoms. The lowest BCUT2D eigenvalue weighted by Gasteiger charge is -2.33. The fraction of sp³-hybridized carbons (Fsp3) is 0.500. The number of likely N-dealkylation sites (tertiary alicyclic amines) is 1. The topological polar surface area (TPSA) is 64.7 Å². The zero-order chi connectivity index (χ0) is 16.4. The van der Waals surface area contributed by atoms with E-state index in [1.165, 1.54) is 0 Å². The van der Waals surface area contributed by atoms with Gasteiger partial charge in [0.2, 0.25) is 0 Å². The number of anilines is 1. The highest BCUT2D eigenvalue weighted by atomic mass is 35.5. The molecular weight excluding hydrogens is 316 g/mol. The van der Waals surface area contributed by atoms with Crippen LogP contribution in [-0.2, 0) is 0 Å². The number of nitrogens with zero attached hydrogens (tertiary/aromatic N) is 2. The Labute approximate surface area is 140 Å². The largest absolute Gasteiger partial charge is 0.337 e. The number of hydrogen-bond acceptors (Lipinski definition) is 3. The smallest absolute Gasteiger partial charge is 0.321 e. The molecule has 0 aromatic heterocycles. The second-order valence-corrected chi connectivity index (χ2v) is 6.33. The van der Waals surface area contributed by atoms with E-state index < -0.39 is 0 Å². The van der Waals surface area contributed by atoms with Gasteiger partial charge in [0.25, 0.3) is 5.91 Å². The first-order valence-corrected chi connectivity index (χ1v) is 8.29. The van der Waals surface area contributed by atoms with Gasteiger partial charge in [0.15, 0.2) is 0 Å². The Hall–Kier alpha value is -1.79. The number of amides is 3. The number of urea groups is 1. The average molecular weight is 337 g/mol. The van der Waals surface area contributed by atoms with Crippen LogP contribution in [0.15, 0.2) is 18.2 Å². The van der Waals surface area contributed by atoms with Crippen LogP contribution < -0.4 is 15.5 Å². The van der Waals surface area contributed by atoms with E-state index in [4.69, 9.17) is 11.6 Å². The molecule has 1 aromatic rings. The molecule has 0 saturated carbocycles. The molecule has 0 bridgehead atoms. The predicted octanol–water partition coefficient (Wildman–Crippen LogP) is 1.69. The summed E-state index contributed by atoms with van der Waals surface area (Å²) in [6.45, 7) is 2.63. The molecule has 3 rings (SSSR count). The maximum atomic E-state index is 12.8. The van der Waals surface area contributed by atoms with Gasteiger partial charge in [-0.15, -0.1) is 0 Å². The molecule has 1 atom stereocenters. The van der Waals surface area contributed by atoms with E-state index in [0.29, 0.717) is 41.9 Å². The molecule has 6 nitrogen and oxygen atoms in total. The Kier molecular flexibility index (Phi) is 4.73. The Morgan fingerprint density at radius 3 is 2.91 bits per heavy atom. The summed E-state index contributed by atoms with van der Waals surface area (Å²) in [5, 5.41) is 6.41. The third-order valence-electron chi connectivity index (χ3n) is 4.47. The monoisotopic (exact) mass is 336 g/mol. The molecule has 2 fully saturated rings. The number of nitrogens with one attached hydrogen (secondary N) is 2. The van der Waals surface area contributed by atoms with Crippen molar-refractivity contribution in [1.29, 1.82) is 0 Å². The van der Waals surface area contributed by atoms with E-state index in [0.717, 1.165) is 19.4 Å². The summed E-state index contributed by atoms with van der Waals surface area (Å²) in [7, 11) is 1.91. The SMILES string of the molecule is CNC1CCCN(C(=O)c2cc(N3CCNC3=O)ccc2Cl)C1. The number of benzene rings is 1. The quantitative estimate of drug-likeness (QED) is 0.883. The maximum Gasteiger partial charge on any atom is 0.321 e. The highest BCUT2D eigenvalue weighted by Gasteiger charge is 2.27. The Morgan fingerprint density at radius 2 is 2.22 bits per heavy atom. The third kappa shape index (κ3) is 3.28. The van der Waals surface area contributed by atoms with Gasteiger partial charge in [0.1, 0.15) is 0 Å². The molecule has 2 aliphatic rings. The van der Waals surface area contributed by atoms with Crippen LogP contribution in [0.25, 0.3) is 0 Å². The number of halogens is 1. The van der Waals surface area contributed by atoms with E-state index in [2.05, 4.69) is 10.6 Å². The van der Waals surface area contributed by atoms with Crippen LogP contribution in [0.2, 0.25) is 5.02 Å². The van der Waals surface area contributed by atoms with Gasteiger partial charge < -0.3 is 15.5 Å². The predicted molar refractivity (Wildman–Crippen MR) is 90.2 cm³/mol. The minimum atomic E-state index is -0.140. The third-order valence-corrected chi connectivity index (χ3v) is 4.80. The van der Waals surface area contributed by atoms with E-state index in [1.807, 2.05) is 11.9 Å². The molecule has 0 radical (unpaired) electrons. The molecule has 1 unspecified atom stereocenters. The number of carbonyl (C=O) groups is 2. The highest BCUT2D eigenvalue weighted by Crippen LogP contribution is 2.26. The first-order valence-electron chi connectivity index (χ1n) is 7.91. The van der Waals surface area contributed by atoms with Crippen molar-refractivity contribution in [1.82, 2.24) is 15.5 Å². The van der Waals surface area contributed by atoms with Crippen LogP contribution >= 0.6 is 11.6 Å². The summed E-state index contributed by atoms with van der Waals surface area (Å²) in [6, 6.07) is 5.36. The molecule has 0 aliphatic carbocycles. The van der Waals surface area contributed by atoms with Crippen molar-refractivity contribution in [3.63, 3.8) is 0 Å². The lowest BCUT2D eigenvalue weighted by Crippen LogP contribution is -2.47. The molecule has 2 aliphatic heterocycles. The van der Waals surface area contributed by atoms with E-state index in [-0.39, 0.29) is 11.9 Å². The Bertz CT molecular complexity index is 622. The fourth-order valence-electron chi connectivity index (χ4n) is 3.13. The van der Waals surface area contributed by atoms with Gasteiger partial charge in [-0.05, 0) is 38.1 Å². The summed E-state index contributed by atoms with van der Waals surface area (Å²) in [4.78, 5) is 28.1. The van der Waals surface area contributed by atoms with Gasteiger partial charge >= 0.3 is 6.03 Å². The number of piperidine rings is 1. The second-order valence-electron chi connectivity index (χ2n) is 5.93. The van der Waals surface area contributed by atoms with Crippen molar-refractivity contribution in [3.8, 4) is 0 Å². The molecule has 1 aromatic carbocycles. The van der Waals surface area contributed by atoms with Crippen molar-refractivity contribution in [2.24, 2.45) is 0 Å². The van der Waals surface area contributed by atoms with Crippen molar-refractivity contribution in [2.75, 3.05) is 38.1 Å². The number of likely N-dealkylation sites (N-methyl/N-ethyl adjacent to an activating group) is 1. The second kappa shape index (κ2) is 6.76. The molecule has 2 heterocycles. The van der Waals surface area contributed by atoms with Crippen LogP contribution in [0, 0.1) is 0 Å². The normalized spacial score (nSPS) is 21.5. The van der Waals surface area contributed by atoms with Gasteiger partial charge in [-0.3, -0.25) is 9.69 Å². The van der Waals surface area contributed by atoms with E-state index in [1.54, 1.807) is 23.1 Å². The molecule has 23 heavy (non-hydrogen) atoms. The van der Waals surface area contributed by atoms with E-state index >= 15 is 0 Å². The van der Waals surface area contributed by atoms with Crippen LogP contribution in [0.4, 0.5) is 10.5 Å². The van der Waals surface area contributed by atoms with Gasteiger partial charge in [0.05, 0.1) is 10.6 Å². The Balaban J connectivity index is 1.83. The van der Waals surface area contributed by atoms with Crippen molar-refractivity contribution >= 4 is 29.2 Å². The van der Waals surface area contributed by atoms with Crippen LogP contribution in [0.3, 0.4) is 0 Å². The van der Waals surface area contributed by atoms with Crippen molar-refractivity contribution < 1.29 is 9.59 Å². The van der Waals surface area contributed by atoms with Crippen LogP contribution in [0.5, 0.6) is 0 Å². The van der Waals surface area contributed by atoms with E-state index in [9.17, 15) is 9.59 Å². The minimum Gasteiger partial charge on any atom is -0.337 e. The maximum absolute atomic E-state index is 12.8. The minimum absolute atomic E-state index is 0.0728. The van der Waals surface area contributed by atoms with Crippen LogP contribution in [0.1, 0.15) is 23.2 Å². The van der Waals surface area contributed by atoms with Crippen molar-refractivity contribution in [3.05, 3.63) is 28.8 Å². The van der Waals surface area contributed by atoms with Gasteiger partial charge in [0, 0.05) is 37.9 Å². The summed E-state index contributed by atoms with van der Waals surface area (Å²) in [6.07, 6.45) is 2.05. The summed E-state index contributed by atoms with van der Waals surface area (Å²) in [5.41, 5.74) is 1.16. The van der Waals surface area contributed by atoms with Gasteiger partial charge in [-0.2, -0.15) is 0 Å². The average Bonchev–Trinajstić information content (AvgIpc) is 3.01. The first kappa shape index (κ1) is 16.1. The van der Waals surface area contributed by atoms with Gasteiger partial charge in [-0.1, -0.05) is 11.6 Å².